The molecule has 0 saturated carbocycles. The van der Waals surface area contributed by atoms with Crippen LogP contribution in [0, 0.1) is 11.6 Å². The van der Waals surface area contributed by atoms with Gasteiger partial charge in [0.15, 0.2) is 0 Å². The molecule has 4 heteroatoms. The minimum atomic E-state index is -0.988. The summed E-state index contributed by atoms with van der Waals surface area (Å²) >= 11 is 0. The molecule has 1 heterocycles. The van der Waals surface area contributed by atoms with Gasteiger partial charge in [-0.15, -0.1) is 0 Å². The number of aliphatic hydroxyl groups is 1. The molecule has 1 N–H and O–H groups in total. The number of halogens is 2. The number of aliphatic hydroxyl groups excluding tert-OH is 1. The van der Waals surface area contributed by atoms with Crippen LogP contribution in [0.1, 0.15) is 17.2 Å². The molecule has 0 bridgehead atoms. The first-order valence-corrected chi connectivity index (χ1v) is 5.19. The Bertz CT molecular complexity index is 502. The molecule has 0 radical (unpaired) electrons. The van der Waals surface area contributed by atoms with Crippen molar-refractivity contribution in [2.45, 2.75) is 12.5 Å². The quantitative estimate of drug-likeness (QED) is 0.887. The summed E-state index contributed by atoms with van der Waals surface area (Å²) < 4.78 is 26.1. The zero-order valence-corrected chi connectivity index (χ0v) is 8.98. The lowest BCUT2D eigenvalue weighted by Crippen LogP contribution is -2.04. The second-order valence-corrected chi connectivity index (χ2v) is 3.74. The topological polar surface area (TPSA) is 33.1 Å². The lowest BCUT2D eigenvalue weighted by atomic mass is 10.0. The van der Waals surface area contributed by atoms with Crippen LogP contribution in [0.4, 0.5) is 8.78 Å². The van der Waals surface area contributed by atoms with E-state index < -0.39 is 17.7 Å². The number of hydrogen-bond donors (Lipinski definition) is 1. The van der Waals surface area contributed by atoms with E-state index in [4.69, 9.17) is 0 Å². The van der Waals surface area contributed by atoms with Gasteiger partial charge in [-0.3, -0.25) is 4.98 Å². The van der Waals surface area contributed by atoms with Crippen LogP contribution in [0.2, 0.25) is 0 Å². The van der Waals surface area contributed by atoms with Crippen molar-refractivity contribution in [2.75, 3.05) is 0 Å². The molecule has 0 aliphatic carbocycles. The van der Waals surface area contributed by atoms with E-state index in [1.807, 2.05) is 0 Å². The molecule has 2 rings (SSSR count). The third-order valence-electron chi connectivity index (χ3n) is 2.50. The molecule has 0 aliphatic heterocycles. The number of aromatic nitrogens is 1. The lowest BCUT2D eigenvalue weighted by molar-refractivity contribution is 0.173. The summed E-state index contributed by atoms with van der Waals surface area (Å²) in [4.78, 5) is 3.85. The average Bonchev–Trinajstić information content (AvgIpc) is 2.30. The molecular weight excluding hydrogens is 224 g/mol. The van der Waals surface area contributed by atoms with E-state index in [1.54, 1.807) is 24.5 Å². The van der Waals surface area contributed by atoms with E-state index in [9.17, 15) is 13.9 Å². The van der Waals surface area contributed by atoms with Gasteiger partial charge in [-0.2, -0.15) is 0 Å². The van der Waals surface area contributed by atoms with E-state index in [0.29, 0.717) is 0 Å². The Hall–Kier alpha value is -1.81. The number of hydrogen-bond acceptors (Lipinski definition) is 2. The minimum absolute atomic E-state index is 0.100. The van der Waals surface area contributed by atoms with Crippen molar-refractivity contribution in [3.05, 3.63) is 65.5 Å². The summed E-state index contributed by atoms with van der Waals surface area (Å²) in [6.07, 6.45) is 2.48. The van der Waals surface area contributed by atoms with Crippen molar-refractivity contribution in [1.82, 2.24) is 4.98 Å². The first-order valence-electron chi connectivity index (χ1n) is 5.19. The monoisotopic (exact) mass is 235 g/mol. The summed E-state index contributed by atoms with van der Waals surface area (Å²) in [7, 11) is 0. The summed E-state index contributed by atoms with van der Waals surface area (Å²) in [6, 6.07) is 6.64. The highest BCUT2D eigenvalue weighted by Gasteiger charge is 2.13. The van der Waals surface area contributed by atoms with Gasteiger partial charge >= 0.3 is 0 Å². The molecule has 0 saturated heterocycles. The molecule has 1 unspecified atom stereocenters. The zero-order valence-electron chi connectivity index (χ0n) is 8.98. The molecule has 0 fully saturated rings. The molecule has 0 amide bonds. The van der Waals surface area contributed by atoms with Gasteiger partial charge < -0.3 is 5.11 Å². The Labute approximate surface area is 97.6 Å². The number of rotatable bonds is 3. The van der Waals surface area contributed by atoms with E-state index in [0.717, 1.165) is 17.7 Å². The number of pyridine rings is 1. The van der Waals surface area contributed by atoms with Crippen molar-refractivity contribution in [2.24, 2.45) is 0 Å². The van der Waals surface area contributed by atoms with Crippen molar-refractivity contribution >= 4 is 0 Å². The van der Waals surface area contributed by atoms with E-state index in [2.05, 4.69) is 4.98 Å². The third kappa shape index (κ3) is 2.85. The van der Waals surface area contributed by atoms with Crippen molar-refractivity contribution in [3.63, 3.8) is 0 Å². The molecule has 1 aromatic heterocycles. The Morgan fingerprint density at radius 2 is 1.82 bits per heavy atom. The zero-order chi connectivity index (χ0) is 12.3. The fourth-order valence-electron chi connectivity index (χ4n) is 1.62. The predicted octanol–water partition coefficient (Wildman–Crippen LogP) is 2.64. The van der Waals surface area contributed by atoms with Crippen LogP contribution in [0.5, 0.6) is 0 Å². The molecule has 0 aliphatic rings. The molecular formula is C13H11F2NO. The summed E-state index contributed by atoms with van der Waals surface area (Å²) in [6.45, 7) is 0. The van der Waals surface area contributed by atoms with E-state index in [1.165, 1.54) is 6.07 Å². The number of nitrogens with zero attached hydrogens (tertiary/aromatic N) is 1. The molecule has 2 aromatic rings. The lowest BCUT2D eigenvalue weighted by Gasteiger charge is -2.11. The predicted molar refractivity (Wildman–Crippen MR) is 59.3 cm³/mol. The maximum Gasteiger partial charge on any atom is 0.131 e. The first-order chi connectivity index (χ1) is 8.16. The first kappa shape index (κ1) is 11.7. The van der Waals surface area contributed by atoms with Gasteiger partial charge in [0.25, 0.3) is 0 Å². The Morgan fingerprint density at radius 3 is 2.47 bits per heavy atom. The molecule has 0 spiro atoms. The van der Waals surface area contributed by atoms with Gasteiger partial charge in [0, 0.05) is 30.4 Å². The highest BCUT2D eigenvalue weighted by Crippen LogP contribution is 2.21. The molecule has 88 valence electrons. The Kier molecular flexibility index (Phi) is 3.44. The highest BCUT2D eigenvalue weighted by molar-refractivity contribution is 5.23. The minimum Gasteiger partial charge on any atom is -0.388 e. The van der Waals surface area contributed by atoms with E-state index >= 15 is 0 Å². The SMILES string of the molecule is OC(Cc1ccncc1)c1ccc(F)cc1F. The van der Waals surface area contributed by atoms with Crippen LogP contribution in [-0.2, 0) is 6.42 Å². The van der Waals surface area contributed by atoms with Gasteiger partial charge in [-0.05, 0) is 23.8 Å². The second-order valence-electron chi connectivity index (χ2n) is 3.74. The fourth-order valence-corrected chi connectivity index (χ4v) is 1.62. The maximum absolute atomic E-state index is 13.4. The van der Waals surface area contributed by atoms with Crippen LogP contribution < -0.4 is 0 Å². The Balaban J connectivity index is 2.17. The molecule has 2 nitrogen and oxygen atoms in total. The average molecular weight is 235 g/mol. The van der Waals surface area contributed by atoms with Crippen LogP contribution >= 0.6 is 0 Å². The largest absolute Gasteiger partial charge is 0.388 e. The van der Waals surface area contributed by atoms with Crippen molar-refractivity contribution in [1.29, 1.82) is 0 Å². The van der Waals surface area contributed by atoms with Gasteiger partial charge in [0.2, 0.25) is 0 Å². The van der Waals surface area contributed by atoms with Gasteiger partial charge in [0.05, 0.1) is 6.10 Å². The Morgan fingerprint density at radius 1 is 1.12 bits per heavy atom. The smallest absolute Gasteiger partial charge is 0.131 e. The maximum atomic E-state index is 13.4. The van der Waals surface area contributed by atoms with Crippen LogP contribution in [-0.4, -0.2) is 10.1 Å². The van der Waals surface area contributed by atoms with Crippen LogP contribution in [0.3, 0.4) is 0 Å². The molecule has 1 atom stereocenters. The van der Waals surface area contributed by atoms with Gasteiger partial charge in [-0.1, -0.05) is 6.07 Å². The van der Waals surface area contributed by atoms with E-state index in [-0.39, 0.29) is 12.0 Å². The third-order valence-corrected chi connectivity index (χ3v) is 2.50. The number of benzene rings is 1. The summed E-state index contributed by atoms with van der Waals surface area (Å²) in [5.41, 5.74) is 0.944. The van der Waals surface area contributed by atoms with Gasteiger partial charge in [-0.25, -0.2) is 8.78 Å². The normalized spacial score (nSPS) is 12.4. The fraction of sp³-hybridized carbons (Fsp3) is 0.154. The van der Waals surface area contributed by atoms with Crippen LogP contribution in [0.15, 0.2) is 42.7 Å². The standard InChI is InChI=1S/C13H11F2NO/c14-10-1-2-11(12(15)8-10)13(17)7-9-3-5-16-6-4-9/h1-6,8,13,17H,7H2. The molecule has 1 aromatic carbocycles. The summed E-state index contributed by atoms with van der Waals surface area (Å²) in [5.74, 6) is -1.38. The van der Waals surface area contributed by atoms with Crippen LogP contribution in [0.25, 0.3) is 0 Å². The second kappa shape index (κ2) is 5.01. The highest BCUT2D eigenvalue weighted by atomic mass is 19.1. The van der Waals surface area contributed by atoms with Gasteiger partial charge in [0.1, 0.15) is 11.6 Å². The van der Waals surface area contributed by atoms with Crippen molar-refractivity contribution < 1.29 is 13.9 Å². The van der Waals surface area contributed by atoms with Crippen molar-refractivity contribution in [3.8, 4) is 0 Å². The summed E-state index contributed by atoms with van der Waals surface area (Å²) in [5, 5.41) is 9.86. The molecule has 17 heavy (non-hydrogen) atoms.